The number of tetrazole rings is 1. The van der Waals surface area contributed by atoms with E-state index in [-0.39, 0.29) is 24.3 Å². The summed E-state index contributed by atoms with van der Waals surface area (Å²) in [4.78, 5) is 34.9. The van der Waals surface area contributed by atoms with Crippen LogP contribution in [0.25, 0.3) is 22.3 Å². The van der Waals surface area contributed by atoms with Crippen LogP contribution in [0.1, 0.15) is 46.6 Å². The number of aryl methyl sites for hydroxylation is 1. The van der Waals surface area contributed by atoms with Crippen molar-refractivity contribution in [2.45, 2.75) is 66.1 Å². The number of nitrogens with zero attached hydrogens (tertiary/aromatic N) is 6. The van der Waals surface area contributed by atoms with Crippen LogP contribution in [0.15, 0.2) is 60.8 Å². The Morgan fingerprint density at radius 2 is 1.76 bits per heavy atom. The summed E-state index contributed by atoms with van der Waals surface area (Å²) >= 11 is 0. The summed E-state index contributed by atoms with van der Waals surface area (Å²) in [7, 11) is 0. The molecule has 1 atom stereocenters. The normalized spacial score (nSPS) is 12.5. The van der Waals surface area contributed by atoms with Crippen LogP contribution in [0, 0.1) is 12.8 Å². The van der Waals surface area contributed by atoms with Gasteiger partial charge in [-0.1, -0.05) is 61.9 Å². The molecule has 38 heavy (non-hydrogen) atoms. The highest BCUT2D eigenvalue weighted by atomic mass is 16.2. The molecule has 0 aliphatic carbocycles. The zero-order valence-corrected chi connectivity index (χ0v) is 22.8. The Morgan fingerprint density at radius 3 is 2.45 bits per heavy atom. The summed E-state index contributed by atoms with van der Waals surface area (Å²) in [5.41, 5.74) is 2.83. The molecule has 0 bridgehead atoms. The van der Waals surface area contributed by atoms with Gasteiger partial charge in [0.1, 0.15) is 12.6 Å². The Morgan fingerprint density at radius 1 is 1.05 bits per heavy atom. The fraction of sp³-hybridized carbons (Fsp3) is 0.379. The molecule has 2 aromatic heterocycles. The second-order valence-electron chi connectivity index (χ2n) is 11.0. The lowest BCUT2D eigenvalue weighted by molar-refractivity contribution is -0.128. The van der Waals surface area contributed by atoms with Crippen molar-refractivity contribution in [1.29, 1.82) is 0 Å². The summed E-state index contributed by atoms with van der Waals surface area (Å²) in [5, 5.41) is 16.6. The summed E-state index contributed by atoms with van der Waals surface area (Å²) < 4.78 is 0. The van der Waals surface area contributed by atoms with E-state index in [1.807, 2.05) is 96.1 Å². The lowest BCUT2D eigenvalue weighted by Gasteiger charge is -2.34. The summed E-state index contributed by atoms with van der Waals surface area (Å²) in [6, 6.07) is 16.6. The maximum atomic E-state index is 13.9. The van der Waals surface area contributed by atoms with E-state index in [0.717, 1.165) is 22.0 Å². The van der Waals surface area contributed by atoms with Gasteiger partial charge in [0.25, 0.3) is 5.91 Å². The molecule has 0 aliphatic rings. The number of carbonyl (C=O) groups excluding carboxylic acids is 2. The van der Waals surface area contributed by atoms with Crippen molar-refractivity contribution in [3.05, 3.63) is 66.4 Å². The van der Waals surface area contributed by atoms with Gasteiger partial charge < -0.3 is 5.32 Å². The van der Waals surface area contributed by atoms with Crippen LogP contribution < -0.4 is 10.2 Å². The minimum absolute atomic E-state index is 0.159. The molecule has 198 valence electrons. The average Bonchev–Trinajstić information content (AvgIpc) is 3.31. The molecule has 0 aliphatic heterocycles. The first-order valence-electron chi connectivity index (χ1n) is 12.8. The number of pyridine rings is 1. The van der Waals surface area contributed by atoms with E-state index in [1.165, 1.54) is 9.70 Å². The van der Waals surface area contributed by atoms with Crippen LogP contribution in [-0.4, -0.2) is 48.6 Å². The number of benzene rings is 2. The van der Waals surface area contributed by atoms with Crippen molar-refractivity contribution < 1.29 is 9.59 Å². The molecule has 2 heterocycles. The minimum Gasteiger partial charge on any atom is -0.350 e. The second-order valence-corrected chi connectivity index (χ2v) is 11.0. The standard InChI is InChI=1S/C29H35N7O2/c1-19(2)15-25(28(38)31-29(4,5)6)36(23-16-22-9-7-8-10-24(22)30-17-23)26(37)18-35-33-27(32-34-35)21-13-11-20(3)12-14-21/h7-14,16-17,19,25H,15,18H2,1-6H3,(H,31,38)/t25-/m1/s1. The molecule has 0 fully saturated rings. The van der Waals surface area contributed by atoms with Gasteiger partial charge in [-0.05, 0) is 57.4 Å². The number of hydrogen-bond acceptors (Lipinski definition) is 6. The molecule has 9 nitrogen and oxygen atoms in total. The Kier molecular flexibility index (Phi) is 7.85. The molecule has 0 spiro atoms. The Hall–Kier alpha value is -4.14. The Bertz CT molecular complexity index is 1420. The van der Waals surface area contributed by atoms with Crippen molar-refractivity contribution in [3.8, 4) is 11.4 Å². The SMILES string of the molecule is Cc1ccc(-c2nnn(CC(=O)N(c3cnc4ccccc4c3)[C@H](CC(C)C)C(=O)NC(C)(C)C)n2)cc1. The highest BCUT2D eigenvalue weighted by Crippen LogP contribution is 2.26. The predicted octanol–water partition coefficient (Wildman–Crippen LogP) is 4.56. The van der Waals surface area contributed by atoms with Crippen LogP contribution in [0.4, 0.5) is 5.69 Å². The number of aromatic nitrogens is 5. The van der Waals surface area contributed by atoms with Crippen LogP contribution in [0.5, 0.6) is 0 Å². The third kappa shape index (κ3) is 6.59. The summed E-state index contributed by atoms with van der Waals surface area (Å²) in [5.74, 6) is 0.0391. The average molecular weight is 514 g/mol. The van der Waals surface area contributed by atoms with Crippen LogP contribution in [-0.2, 0) is 16.1 Å². The molecule has 9 heteroatoms. The van der Waals surface area contributed by atoms with E-state index >= 15 is 0 Å². The Balaban J connectivity index is 1.71. The number of para-hydroxylation sites is 1. The first-order chi connectivity index (χ1) is 18.0. The monoisotopic (exact) mass is 513 g/mol. The van der Waals surface area contributed by atoms with E-state index in [1.54, 1.807) is 6.20 Å². The molecular weight excluding hydrogens is 478 g/mol. The zero-order chi connectivity index (χ0) is 27.4. The van der Waals surface area contributed by atoms with Crippen LogP contribution in [0.2, 0.25) is 0 Å². The van der Waals surface area contributed by atoms with Gasteiger partial charge in [-0.2, -0.15) is 4.80 Å². The lowest BCUT2D eigenvalue weighted by atomic mass is 9.99. The second kappa shape index (κ2) is 11.1. The fourth-order valence-electron chi connectivity index (χ4n) is 4.24. The molecule has 2 aromatic carbocycles. The molecule has 0 radical (unpaired) electrons. The number of hydrogen-bond donors (Lipinski definition) is 1. The first kappa shape index (κ1) is 26.9. The third-order valence-electron chi connectivity index (χ3n) is 5.97. The molecular formula is C29H35N7O2. The number of anilines is 1. The first-order valence-corrected chi connectivity index (χ1v) is 12.8. The van der Waals surface area contributed by atoms with Crippen molar-refractivity contribution in [3.63, 3.8) is 0 Å². The van der Waals surface area contributed by atoms with Gasteiger partial charge in [-0.15, -0.1) is 10.2 Å². The molecule has 1 N–H and O–H groups in total. The summed E-state index contributed by atoms with van der Waals surface area (Å²) in [6.07, 6.45) is 2.12. The Labute approximate surface area is 223 Å². The van der Waals surface area contributed by atoms with Crippen LogP contribution >= 0.6 is 0 Å². The van der Waals surface area contributed by atoms with Gasteiger partial charge in [0.2, 0.25) is 11.7 Å². The highest BCUT2D eigenvalue weighted by molar-refractivity contribution is 6.01. The minimum atomic E-state index is -0.746. The largest absolute Gasteiger partial charge is 0.350 e. The molecule has 0 saturated heterocycles. The molecule has 4 rings (SSSR count). The van der Waals surface area contributed by atoms with Gasteiger partial charge in [0.15, 0.2) is 0 Å². The lowest BCUT2D eigenvalue weighted by Crippen LogP contribution is -2.55. The molecule has 0 unspecified atom stereocenters. The van der Waals surface area contributed by atoms with Crippen molar-refractivity contribution in [2.75, 3.05) is 4.90 Å². The van der Waals surface area contributed by atoms with Gasteiger partial charge in [-0.3, -0.25) is 19.5 Å². The third-order valence-corrected chi connectivity index (χ3v) is 5.97. The molecule has 0 saturated carbocycles. The quantitative estimate of drug-likeness (QED) is 0.370. The highest BCUT2D eigenvalue weighted by Gasteiger charge is 2.34. The number of amides is 2. The smallest absolute Gasteiger partial charge is 0.251 e. The van der Waals surface area contributed by atoms with E-state index in [0.29, 0.717) is 17.9 Å². The van der Waals surface area contributed by atoms with Crippen molar-refractivity contribution in [1.82, 2.24) is 30.5 Å². The zero-order valence-electron chi connectivity index (χ0n) is 22.8. The van der Waals surface area contributed by atoms with E-state index in [9.17, 15) is 9.59 Å². The number of rotatable bonds is 8. The maximum Gasteiger partial charge on any atom is 0.251 e. The fourth-order valence-corrected chi connectivity index (χ4v) is 4.24. The van der Waals surface area contributed by atoms with Gasteiger partial charge in [0.05, 0.1) is 17.4 Å². The molecule has 4 aromatic rings. The maximum absolute atomic E-state index is 13.9. The van der Waals surface area contributed by atoms with Gasteiger partial charge in [0, 0.05) is 16.5 Å². The van der Waals surface area contributed by atoms with Gasteiger partial charge >= 0.3 is 0 Å². The number of fused-ring (bicyclic) bond motifs is 1. The predicted molar refractivity (Wildman–Crippen MR) is 148 cm³/mol. The van der Waals surface area contributed by atoms with E-state index in [4.69, 9.17) is 0 Å². The molecule has 2 amide bonds. The number of nitrogens with one attached hydrogen (secondary N) is 1. The van der Waals surface area contributed by atoms with Crippen molar-refractivity contribution in [2.24, 2.45) is 5.92 Å². The van der Waals surface area contributed by atoms with Crippen LogP contribution in [0.3, 0.4) is 0 Å². The van der Waals surface area contributed by atoms with E-state index in [2.05, 4.69) is 25.7 Å². The number of carbonyl (C=O) groups is 2. The topological polar surface area (TPSA) is 106 Å². The van der Waals surface area contributed by atoms with E-state index < -0.39 is 11.6 Å². The van der Waals surface area contributed by atoms with Gasteiger partial charge in [-0.25, -0.2) is 0 Å². The van der Waals surface area contributed by atoms with Crippen molar-refractivity contribution >= 4 is 28.4 Å². The summed E-state index contributed by atoms with van der Waals surface area (Å²) in [6.45, 7) is 11.7.